The van der Waals surface area contributed by atoms with E-state index in [0.29, 0.717) is 12.1 Å². The van der Waals surface area contributed by atoms with Gasteiger partial charge in [0.15, 0.2) is 0 Å². The lowest BCUT2D eigenvalue weighted by Gasteiger charge is -2.33. The predicted molar refractivity (Wildman–Crippen MR) is 56.6 cm³/mol. The van der Waals surface area contributed by atoms with Crippen molar-refractivity contribution in [2.75, 3.05) is 5.32 Å². The van der Waals surface area contributed by atoms with Gasteiger partial charge < -0.3 is 11.1 Å². The summed E-state index contributed by atoms with van der Waals surface area (Å²) in [6.45, 7) is 0. The number of halogens is 1. The molecule has 3 N–H and O–H groups in total. The topological polar surface area (TPSA) is 50.9 Å². The van der Waals surface area contributed by atoms with E-state index in [9.17, 15) is 0 Å². The molecular weight excluding hydrogens is 230 g/mol. The summed E-state index contributed by atoms with van der Waals surface area (Å²) in [6, 6.07) is 4.85. The van der Waals surface area contributed by atoms with Gasteiger partial charge in [-0.2, -0.15) is 0 Å². The van der Waals surface area contributed by atoms with Crippen LogP contribution in [-0.4, -0.2) is 17.1 Å². The molecule has 3 nitrogen and oxygen atoms in total. The number of pyridine rings is 1. The highest BCUT2D eigenvalue weighted by atomic mass is 79.9. The van der Waals surface area contributed by atoms with Crippen LogP contribution in [0, 0.1) is 0 Å². The van der Waals surface area contributed by atoms with Gasteiger partial charge in [-0.15, -0.1) is 0 Å². The predicted octanol–water partition coefficient (Wildman–Crippen LogP) is 1.75. The molecule has 0 atom stereocenters. The average Bonchev–Trinajstić information content (AvgIpc) is 2.06. The van der Waals surface area contributed by atoms with Gasteiger partial charge in [0.05, 0.1) is 0 Å². The standard InChI is InChI=1S/C9H12BrN3/c10-6-1-2-9(12-5-6)13-8-3-7(11)4-8/h1-2,5,7-8H,3-4,11H2,(H,12,13). The van der Waals surface area contributed by atoms with Crippen molar-refractivity contribution in [1.29, 1.82) is 0 Å². The molecule has 1 aliphatic rings. The summed E-state index contributed by atoms with van der Waals surface area (Å²) in [6.07, 6.45) is 3.90. The molecule has 13 heavy (non-hydrogen) atoms. The molecule has 1 fully saturated rings. The third-order valence-electron chi connectivity index (χ3n) is 2.25. The van der Waals surface area contributed by atoms with Crippen LogP contribution in [0.25, 0.3) is 0 Å². The van der Waals surface area contributed by atoms with Crippen molar-refractivity contribution in [3.8, 4) is 0 Å². The van der Waals surface area contributed by atoms with Crippen LogP contribution in [0.15, 0.2) is 22.8 Å². The van der Waals surface area contributed by atoms with Gasteiger partial charge in [0, 0.05) is 22.8 Å². The average molecular weight is 242 g/mol. The Kier molecular flexibility index (Phi) is 2.51. The number of nitrogens with one attached hydrogen (secondary N) is 1. The van der Waals surface area contributed by atoms with E-state index in [2.05, 4.69) is 26.2 Å². The molecule has 1 aromatic rings. The molecule has 0 saturated heterocycles. The number of nitrogens with two attached hydrogens (primary N) is 1. The van der Waals surface area contributed by atoms with Gasteiger partial charge in [0.2, 0.25) is 0 Å². The third kappa shape index (κ3) is 2.19. The zero-order valence-corrected chi connectivity index (χ0v) is 8.79. The van der Waals surface area contributed by atoms with E-state index >= 15 is 0 Å². The van der Waals surface area contributed by atoms with Gasteiger partial charge in [0.1, 0.15) is 5.82 Å². The van der Waals surface area contributed by atoms with E-state index in [1.807, 2.05) is 12.1 Å². The molecule has 0 spiro atoms. The summed E-state index contributed by atoms with van der Waals surface area (Å²) in [5, 5.41) is 3.32. The molecule has 4 heteroatoms. The Balaban J connectivity index is 1.91. The van der Waals surface area contributed by atoms with E-state index in [4.69, 9.17) is 5.73 Å². The fraction of sp³-hybridized carbons (Fsp3) is 0.444. The molecule has 0 aromatic carbocycles. The van der Waals surface area contributed by atoms with Gasteiger partial charge in [-0.25, -0.2) is 4.98 Å². The van der Waals surface area contributed by atoms with Gasteiger partial charge in [-0.3, -0.25) is 0 Å². The highest BCUT2D eigenvalue weighted by molar-refractivity contribution is 9.10. The first-order valence-corrected chi connectivity index (χ1v) is 5.17. The number of hydrogen-bond acceptors (Lipinski definition) is 3. The molecule has 0 bridgehead atoms. The molecule has 1 aromatic heterocycles. The van der Waals surface area contributed by atoms with Crippen LogP contribution in [-0.2, 0) is 0 Å². The minimum absolute atomic E-state index is 0.382. The molecule has 0 radical (unpaired) electrons. The zero-order valence-electron chi connectivity index (χ0n) is 7.20. The molecular formula is C9H12BrN3. The van der Waals surface area contributed by atoms with Gasteiger partial charge in [-0.1, -0.05) is 0 Å². The van der Waals surface area contributed by atoms with Crippen LogP contribution < -0.4 is 11.1 Å². The van der Waals surface area contributed by atoms with Crippen LogP contribution in [0.1, 0.15) is 12.8 Å². The molecule has 1 aliphatic carbocycles. The monoisotopic (exact) mass is 241 g/mol. The van der Waals surface area contributed by atoms with Crippen molar-refractivity contribution >= 4 is 21.7 Å². The number of aromatic nitrogens is 1. The molecule has 0 aliphatic heterocycles. The largest absolute Gasteiger partial charge is 0.367 e. The highest BCUT2D eigenvalue weighted by Gasteiger charge is 2.25. The van der Waals surface area contributed by atoms with Gasteiger partial charge >= 0.3 is 0 Å². The Morgan fingerprint density at radius 1 is 1.46 bits per heavy atom. The second kappa shape index (κ2) is 3.64. The van der Waals surface area contributed by atoms with Crippen molar-refractivity contribution in [2.45, 2.75) is 24.9 Å². The Hall–Kier alpha value is -0.610. The van der Waals surface area contributed by atoms with Crippen LogP contribution in [0.5, 0.6) is 0 Å². The van der Waals surface area contributed by atoms with E-state index in [1.54, 1.807) is 6.20 Å². The minimum atomic E-state index is 0.382. The van der Waals surface area contributed by atoms with Crippen molar-refractivity contribution in [1.82, 2.24) is 4.98 Å². The van der Waals surface area contributed by atoms with Crippen molar-refractivity contribution in [2.24, 2.45) is 5.73 Å². The fourth-order valence-corrected chi connectivity index (χ4v) is 1.68. The summed E-state index contributed by atoms with van der Waals surface area (Å²) >= 11 is 3.34. The maximum absolute atomic E-state index is 5.68. The van der Waals surface area contributed by atoms with E-state index in [1.165, 1.54) is 0 Å². The third-order valence-corrected chi connectivity index (χ3v) is 2.72. The molecule has 2 rings (SSSR count). The van der Waals surface area contributed by atoms with Crippen LogP contribution in [0.4, 0.5) is 5.82 Å². The lowest BCUT2D eigenvalue weighted by molar-refractivity contribution is 0.373. The quantitative estimate of drug-likeness (QED) is 0.830. The number of rotatable bonds is 2. The maximum atomic E-state index is 5.68. The van der Waals surface area contributed by atoms with Crippen molar-refractivity contribution in [3.05, 3.63) is 22.8 Å². The van der Waals surface area contributed by atoms with Crippen LogP contribution in [0.2, 0.25) is 0 Å². The Labute approximate surface area is 85.9 Å². The maximum Gasteiger partial charge on any atom is 0.126 e. The first-order valence-electron chi connectivity index (χ1n) is 4.38. The number of hydrogen-bond donors (Lipinski definition) is 2. The second-order valence-corrected chi connectivity index (χ2v) is 4.35. The summed E-state index contributed by atoms with van der Waals surface area (Å²) < 4.78 is 1.00. The normalized spacial score (nSPS) is 26.6. The molecule has 70 valence electrons. The van der Waals surface area contributed by atoms with Crippen LogP contribution >= 0.6 is 15.9 Å². The molecule has 0 unspecified atom stereocenters. The summed E-state index contributed by atoms with van der Waals surface area (Å²) in [5.41, 5.74) is 5.68. The first-order chi connectivity index (χ1) is 6.24. The van der Waals surface area contributed by atoms with Crippen LogP contribution in [0.3, 0.4) is 0 Å². The Morgan fingerprint density at radius 2 is 2.23 bits per heavy atom. The Bertz CT molecular complexity index is 279. The molecule has 1 saturated carbocycles. The minimum Gasteiger partial charge on any atom is -0.367 e. The van der Waals surface area contributed by atoms with E-state index < -0.39 is 0 Å². The second-order valence-electron chi connectivity index (χ2n) is 3.43. The van der Waals surface area contributed by atoms with Gasteiger partial charge in [0.25, 0.3) is 0 Å². The first kappa shape index (κ1) is 8.97. The number of anilines is 1. The van der Waals surface area contributed by atoms with E-state index in [-0.39, 0.29) is 0 Å². The number of nitrogens with zero attached hydrogens (tertiary/aromatic N) is 1. The summed E-state index contributed by atoms with van der Waals surface area (Å²) in [4.78, 5) is 4.23. The zero-order chi connectivity index (χ0) is 9.26. The molecule has 0 amide bonds. The lowest BCUT2D eigenvalue weighted by atomic mass is 9.88. The van der Waals surface area contributed by atoms with Gasteiger partial charge in [-0.05, 0) is 40.9 Å². The molecule has 1 heterocycles. The summed E-state index contributed by atoms with van der Waals surface area (Å²) in [5.74, 6) is 0.931. The highest BCUT2D eigenvalue weighted by Crippen LogP contribution is 2.21. The summed E-state index contributed by atoms with van der Waals surface area (Å²) in [7, 11) is 0. The van der Waals surface area contributed by atoms with E-state index in [0.717, 1.165) is 23.1 Å². The SMILES string of the molecule is NC1CC(Nc2ccc(Br)cn2)C1. The lowest BCUT2D eigenvalue weighted by Crippen LogP contribution is -2.44. The van der Waals surface area contributed by atoms with Crippen molar-refractivity contribution in [3.63, 3.8) is 0 Å². The fourth-order valence-electron chi connectivity index (χ4n) is 1.45. The Morgan fingerprint density at radius 3 is 2.77 bits per heavy atom. The smallest absolute Gasteiger partial charge is 0.126 e. The van der Waals surface area contributed by atoms with Crippen molar-refractivity contribution < 1.29 is 0 Å².